The van der Waals surface area contributed by atoms with Crippen LogP contribution < -0.4 is 10.6 Å². The lowest BCUT2D eigenvalue weighted by molar-refractivity contribution is -0.0276. The predicted molar refractivity (Wildman–Crippen MR) is 65.9 cm³/mol. The minimum absolute atomic E-state index is 0.00383. The van der Waals surface area contributed by atoms with Gasteiger partial charge in [-0.3, -0.25) is 0 Å². The first kappa shape index (κ1) is 17.1. The molecule has 18 heavy (non-hydrogen) atoms. The fourth-order valence-corrected chi connectivity index (χ4v) is 0.818. The molecule has 0 saturated heterocycles. The average molecular weight is 264 g/mol. The molecule has 0 aromatic rings. The third-order valence-electron chi connectivity index (χ3n) is 2.52. The number of hydrogen-bond acceptors (Lipinski definition) is 5. The normalized spacial score (nSPS) is 17.7. The molecule has 0 aliphatic heterocycles. The molecule has 0 aliphatic rings. The lowest BCUT2D eigenvalue weighted by Gasteiger charge is -2.17. The van der Waals surface area contributed by atoms with Gasteiger partial charge in [-0.15, -0.1) is 0 Å². The van der Waals surface area contributed by atoms with Gasteiger partial charge >= 0.3 is 6.03 Å². The molecule has 0 fully saturated rings. The van der Waals surface area contributed by atoms with Gasteiger partial charge in [0.2, 0.25) is 0 Å². The van der Waals surface area contributed by atoms with Crippen LogP contribution in [0.25, 0.3) is 0 Å². The smallest absolute Gasteiger partial charge is 0.318 e. The van der Waals surface area contributed by atoms with Crippen LogP contribution in [0.3, 0.4) is 0 Å². The largest absolute Gasteiger partial charge is 0.391 e. The molecule has 7 nitrogen and oxygen atoms in total. The highest BCUT2D eigenvalue weighted by Gasteiger charge is 2.10. The molecule has 0 heterocycles. The van der Waals surface area contributed by atoms with Crippen molar-refractivity contribution in [3.05, 3.63) is 0 Å². The molecule has 0 radical (unpaired) electrons. The van der Waals surface area contributed by atoms with Gasteiger partial charge in [-0.25, -0.2) is 4.79 Å². The molecule has 4 N–H and O–H groups in total. The van der Waals surface area contributed by atoms with Crippen molar-refractivity contribution in [1.29, 1.82) is 0 Å². The SMILES string of the molecule is CC(O)C(C)OCNC(=O)NCOC(C)C(C)O. The average Bonchev–Trinajstić information content (AvgIpc) is 2.28. The standard InChI is InChI=1S/C11H24N2O5/c1-7(14)9(3)17-5-12-11(16)13-6-18-10(4)8(2)15/h7-10,14-15H,5-6H2,1-4H3,(H2,12,13,16). The van der Waals surface area contributed by atoms with Crippen LogP contribution in [0, 0.1) is 0 Å². The zero-order valence-electron chi connectivity index (χ0n) is 11.3. The summed E-state index contributed by atoms with van der Waals surface area (Å²) in [5, 5.41) is 23.2. The van der Waals surface area contributed by atoms with E-state index in [2.05, 4.69) is 10.6 Å². The van der Waals surface area contributed by atoms with Crippen molar-refractivity contribution < 1.29 is 24.5 Å². The first-order valence-corrected chi connectivity index (χ1v) is 5.95. The molecule has 0 aromatic heterocycles. The second kappa shape index (κ2) is 9.09. The van der Waals surface area contributed by atoms with Crippen LogP contribution >= 0.6 is 0 Å². The minimum atomic E-state index is -0.593. The monoisotopic (exact) mass is 264 g/mol. The Morgan fingerprint density at radius 3 is 1.56 bits per heavy atom. The Balaban J connectivity index is 3.55. The molecule has 4 atom stereocenters. The maximum absolute atomic E-state index is 11.2. The van der Waals surface area contributed by atoms with Crippen molar-refractivity contribution in [1.82, 2.24) is 10.6 Å². The van der Waals surface area contributed by atoms with Gasteiger partial charge in [0.15, 0.2) is 0 Å². The van der Waals surface area contributed by atoms with Crippen LogP contribution in [0.5, 0.6) is 0 Å². The quantitative estimate of drug-likeness (QED) is 0.454. The Bertz CT molecular complexity index is 213. The van der Waals surface area contributed by atoms with E-state index in [0.717, 1.165) is 0 Å². The molecule has 0 bridgehead atoms. The summed E-state index contributed by atoms with van der Waals surface area (Å²) in [6.07, 6.45) is -1.89. The van der Waals surface area contributed by atoms with Crippen molar-refractivity contribution in [2.24, 2.45) is 0 Å². The zero-order valence-corrected chi connectivity index (χ0v) is 11.3. The predicted octanol–water partition coefficient (Wildman–Crippen LogP) is -0.228. The van der Waals surface area contributed by atoms with E-state index in [4.69, 9.17) is 19.7 Å². The molecule has 0 saturated carbocycles. The van der Waals surface area contributed by atoms with Gasteiger partial charge in [-0.05, 0) is 27.7 Å². The highest BCUT2D eigenvalue weighted by Crippen LogP contribution is 1.96. The van der Waals surface area contributed by atoms with Crippen LogP contribution in [0.1, 0.15) is 27.7 Å². The molecule has 0 spiro atoms. The first-order chi connectivity index (χ1) is 8.34. The summed E-state index contributed by atoms with van der Waals surface area (Å²) < 4.78 is 10.3. The van der Waals surface area contributed by atoms with Crippen molar-refractivity contribution >= 4 is 6.03 Å². The van der Waals surface area contributed by atoms with Crippen molar-refractivity contribution in [3.8, 4) is 0 Å². The van der Waals surface area contributed by atoms with Gasteiger partial charge in [0.1, 0.15) is 13.5 Å². The van der Waals surface area contributed by atoms with Gasteiger partial charge < -0.3 is 30.3 Å². The van der Waals surface area contributed by atoms with E-state index in [1.54, 1.807) is 27.7 Å². The number of rotatable bonds is 8. The summed E-state index contributed by atoms with van der Waals surface area (Å²) >= 11 is 0. The number of nitrogens with one attached hydrogen (secondary N) is 2. The number of carbonyl (C=O) groups is 1. The van der Waals surface area contributed by atoms with Gasteiger partial charge in [-0.2, -0.15) is 0 Å². The van der Waals surface area contributed by atoms with E-state index in [9.17, 15) is 4.79 Å². The fourth-order valence-electron chi connectivity index (χ4n) is 0.818. The first-order valence-electron chi connectivity index (χ1n) is 5.95. The van der Waals surface area contributed by atoms with Crippen LogP contribution in [-0.2, 0) is 9.47 Å². The number of amides is 2. The van der Waals surface area contributed by atoms with E-state index >= 15 is 0 Å². The number of ether oxygens (including phenoxy) is 2. The number of urea groups is 1. The molecule has 7 heteroatoms. The third kappa shape index (κ3) is 8.24. The Morgan fingerprint density at radius 2 is 1.28 bits per heavy atom. The molecule has 2 amide bonds. The molecule has 0 aliphatic carbocycles. The lowest BCUT2D eigenvalue weighted by atomic mass is 10.3. The minimum Gasteiger partial charge on any atom is -0.391 e. The fraction of sp³-hybridized carbons (Fsp3) is 0.909. The molecule has 0 rings (SSSR count). The van der Waals surface area contributed by atoms with Gasteiger partial charge in [-0.1, -0.05) is 0 Å². The summed E-state index contributed by atoms with van der Waals surface area (Å²) in [6.45, 7) is 6.63. The molecule has 0 aromatic carbocycles. The van der Waals surface area contributed by atoms with Crippen molar-refractivity contribution in [2.45, 2.75) is 52.1 Å². The second-order valence-corrected chi connectivity index (χ2v) is 4.20. The van der Waals surface area contributed by atoms with Crippen LogP contribution in [0.15, 0.2) is 0 Å². The number of carbonyl (C=O) groups excluding carboxylic acids is 1. The Kier molecular flexibility index (Phi) is 8.65. The topological polar surface area (TPSA) is 100 Å². The Hall–Kier alpha value is -0.890. The summed E-state index contributed by atoms with van der Waals surface area (Å²) in [5.74, 6) is 0. The highest BCUT2D eigenvalue weighted by atomic mass is 16.5. The van der Waals surface area contributed by atoms with Crippen molar-refractivity contribution in [2.75, 3.05) is 13.5 Å². The number of hydrogen-bond donors (Lipinski definition) is 4. The van der Waals surface area contributed by atoms with Gasteiger partial charge in [0.25, 0.3) is 0 Å². The maximum Gasteiger partial charge on any atom is 0.318 e. The van der Waals surface area contributed by atoms with E-state index < -0.39 is 18.2 Å². The van der Waals surface area contributed by atoms with Crippen molar-refractivity contribution in [3.63, 3.8) is 0 Å². The summed E-state index contributed by atoms with van der Waals surface area (Å²) in [7, 11) is 0. The zero-order chi connectivity index (χ0) is 14.1. The van der Waals surface area contributed by atoms with Crippen LogP contribution in [-0.4, -0.2) is 54.1 Å². The number of aliphatic hydroxyl groups excluding tert-OH is 2. The number of aliphatic hydroxyl groups is 2. The van der Waals surface area contributed by atoms with Gasteiger partial charge in [0.05, 0.1) is 24.4 Å². The van der Waals surface area contributed by atoms with E-state index in [0.29, 0.717) is 0 Å². The van der Waals surface area contributed by atoms with E-state index in [1.165, 1.54) is 0 Å². The Morgan fingerprint density at radius 1 is 0.944 bits per heavy atom. The summed E-state index contributed by atoms with van der Waals surface area (Å²) in [4.78, 5) is 11.2. The second-order valence-electron chi connectivity index (χ2n) is 4.20. The molecule has 108 valence electrons. The molecular weight excluding hydrogens is 240 g/mol. The highest BCUT2D eigenvalue weighted by molar-refractivity contribution is 5.73. The van der Waals surface area contributed by atoms with E-state index in [1.807, 2.05) is 0 Å². The Labute approximate surface area is 107 Å². The maximum atomic E-state index is 11.2. The summed E-state index contributed by atoms with van der Waals surface area (Å²) in [5.41, 5.74) is 0. The summed E-state index contributed by atoms with van der Waals surface area (Å²) in [6, 6.07) is -0.439. The van der Waals surface area contributed by atoms with Crippen LogP contribution in [0.4, 0.5) is 4.79 Å². The molecular formula is C11H24N2O5. The van der Waals surface area contributed by atoms with Gasteiger partial charge in [0, 0.05) is 0 Å². The van der Waals surface area contributed by atoms with E-state index in [-0.39, 0.29) is 25.7 Å². The van der Waals surface area contributed by atoms with Crippen LogP contribution in [0.2, 0.25) is 0 Å². The lowest BCUT2D eigenvalue weighted by Crippen LogP contribution is -2.40. The molecule has 4 unspecified atom stereocenters. The third-order valence-corrected chi connectivity index (χ3v) is 2.52.